The van der Waals surface area contributed by atoms with Crippen LogP contribution in [0.4, 0.5) is 0 Å². The number of Topliss-reactive ketones (excluding diaryl/α,β-unsaturated/α-hetero) is 1. The standard InChI is InChI=1S/C23H34O3/c1-13-14(2)22(5)16(12-20(13)25)6-7-17-18-9-11-23(26,15(3)24)21(18,4)10-8-19(17)22/h12-14,17-19,26H,6-11H2,1-5H3/t13?,14?,17-,18-,19+,21-,22+,23-/m0/s1. The number of rotatable bonds is 1. The minimum Gasteiger partial charge on any atom is -0.382 e. The van der Waals surface area contributed by atoms with Gasteiger partial charge in [-0.15, -0.1) is 0 Å². The molecule has 0 bridgehead atoms. The van der Waals surface area contributed by atoms with Crippen LogP contribution in [0.25, 0.3) is 0 Å². The molecule has 3 heteroatoms. The van der Waals surface area contributed by atoms with Crippen molar-refractivity contribution in [2.45, 2.75) is 78.7 Å². The van der Waals surface area contributed by atoms with Crippen molar-refractivity contribution in [3.05, 3.63) is 11.6 Å². The van der Waals surface area contributed by atoms with Crippen molar-refractivity contribution in [1.82, 2.24) is 0 Å². The van der Waals surface area contributed by atoms with E-state index in [9.17, 15) is 14.7 Å². The Morgan fingerprint density at radius 1 is 1.12 bits per heavy atom. The van der Waals surface area contributed by atoms with Gasteiger partial charge in [-0.05, 0) is 80.6 Å². The van der Waals surface area contributed by atoms with E-state index in [1.165, 1.54) is 5.57 Å². The third kappa shape index (κ3) is 1.99. The summed E-state index contributed by atoms with van der Waals surface area (Å²) in [5, 5.41) is 11.2. The number of fused-ring (bicyclic) bond motifs is 5. The van der Waals surface area contributed by atoms with Crippen molar-refractivity contribution in [2.24, 2.45) is 40.4 Å². The fourth-order valence-electron chi connectivity index (χ4n) is 7.79. The monoisotopic (exact) mass is 358 g/mol. The summed E-state index contributed by atoms with van der Waals surface area (Å²) < 4.78 is 0. The van der Waals surface area contributed by atoms with E-state index < -0.39 is 5.60 Å². The summed E-state index contributed by atoms with van der Waals surface area (Å²) in [5.74, 6) is 2.26. The van der Waals surface area contributed by atoms with Crippen molar-refractivity contribution in [3.8, 4) is 0 Å². The molecule has 3 nitrogen and oxygen atoms in total. The third-order valence-electron chi connectivity index (χ3n) is 9.84. The number of carbonyl (C=O) groups is 2. The van der Waals surface area contributed by atoms with E-state index in [2.05, 4.69) is 27.7 Å². The minimum atomic E-state index is -1.14. The van der Waals surface area contributed by atoms with Crippen LogP contribution < -0.4 is 0 Å². The molecule has 144 valence electrons. The lowest BCUT2D eigenvalue weighted by molar-refractivity contribution is -0.162. The molecule has 26 heavy (non-hydrogen) atoms. The van der Waals surface area contributed by atoms with Gasteiger partial charge >= 0.3 is 0 Å². The van der Waals surface area contributed by atoms with Gasteiger partial charge in [-0.25, -0.2) is 0 Å². The van der Waals surface area contributed by atoms with E-state index >= 15 is 0 Å². The van der Waals surface area contributed by atoms with Gasteiger partial charge in [0.05, 0.1) is 0 Å². The first-order valence-electron chi connectivity index (χ1n) is 10.6. The highest BCUT2D eigenvalue weighted by atomic mass is 16.3. The van der Waals surface area contributed by atoms with Crippen LogP contribution in [0, 0.1) is 40.4 Å². The lowest BCUT2D eigenvalue weighted by atomic mass is 9.43. The van der Waals surface area contributed by atoms with Crippen LogP contribution in [0.1, 0.15) is 73.1 Å². The molecule has 0 heterocycles. The molecule has 0 radical (unpaired) electrons. The predicted octanol–water partition coefficient (Wildman–Crippen LogP) is 4.33. The predicted molar refractivity (Wildman–Crippen MR) is 101 cm³/mol. The quantitative estimate of drug-likeness (QED) is 0.759. The van der Waals surface area contributed by atoms with Crippen LogP contribution >= 0.6 is 0 Å². The second-order valence-corrected chi connectivity index (χ2v) is 10.3. The Kier molecular flexibility index (Phi) is 3.91. The highest BCUT2D eigenvalue weighted by Gasteiger charge is 2.66. The van der Waals surface area contributed by atoms with Gasteiger partial charge in [-0.3, -0.25) is 9.59 Å². The van der Waals surface area contributed by atoms with Crippen molar-refractivity contribution in [2.75, 3.05) is 0 Å². The SMILES string of the molecule is CC(=O)[C@@]1(O)CC[C@H]2[C@@H]3CCC4=CC(=O)C(C)C(C)[C@@]4(C)[C@@H]3CC[C@@]21C. The molecule has 0 spiro atoms. The number of hydrogen-bond donors (Lipinski definition) is 1. The number of hydrogen-bond acceptors (Lipinski definition) is 3. The summed E-state index contributed by atoms with van der Waals surface area (Å²) in [5.41, 5.74) is 0.0461. The summed E-state index contributed by atoms with van der Waals surface area (Å²) in [7, 11) is 0. The van der Waals surface area contributed by atoms with Crippen LogP contribution in [0.2, 0.25) is 0 Å². The van der Waals surface area contributed by atoms with E-state index in [4.69, 9.17) is 0 Å². The van der Waals surface area contributed by atoms with Gasteiger partial charge in [0.15, 0.2) is 11.6 Å². The Hall–Kier alpha value is -0.960. The van der Waals surface area contributed by atoms with E-state index in [1.54, 1.807) is 6.92 Å². The van der Waals surface area contributed by atoms with Crippen molar-refractivity contribution < 1.29 is 14.7 Å². The summed E-state index contributed by atoms with van der Waals surface area (Å²) in [6, 6.07) is 0. The van der Waals surface area contributed by atoms with E-state index in [0.29, 0.717) is 35.9 Å². The number of ketones is 2. The average Bonchev–Trinajstić information content (AvgIpc) is 2.87. The molecule has 0 aromatic carbocycles. The fourth-order valence-corrected chi connectivity index (χ4v) is 7.79. The molecule has 0 aliphatic heterocycles. The van der Waals surface area contributed by atoms with Gasteiger partial charge in [-0.2, -0.15) is 0 Å². The molecule has 3 saturated carbocycles. The first-order valence-corrected chi connectivity index (χ1v) is 10.6. The average molecular weight is 359 g/mol. The molecule has 1 N–H and O–H groups in total. The van der Waals surface area contributed by atoms with Gasteiger partial charge in [0.1, 0.15) is 5.60 Å². The molecule has 8 atom stereocenters. The smallest absolute Gasteiger partial charge is 0.161 e. The van der Waals surface area contributed by atoms with Gasteiger partial charge in [0, 0.05) is 11.3 Å². The molecule has 0 saturated heterocycles. The van der Waals surface area contributed by atoms with Gasteiger partial charge in [-0.1, -0.05) is 33.3 Å². The molecule has 0 aromatic rings. The molecule has 2 unspecified atom stereocenters. The molecule has 0 amide bonds. The molecule has 4 aliphatic carbocycles. The Labute approximate surface area is 157 Å². The molecule has 0 aromatic heterocycles. The maximum Gasteiger partial charge on any atom is 0.161 e. The second-order valence-electron chi connectivity index (χ2n) is 10.3. The molecular formula is C23H34O3. The first-order chi connectivity index (χ1) is 12.1. The van der Waals surface area contributed by atoms with E-state index in [0.717, 1.165) is 32.1 Å². The Bertz CT molecular complexity index is 694. The van der Waals surface area contributed by atoms with Gasteiger partial charge < -0.3 is 5.11 Å². The van der Waals surface area contributed by atoms with Crippen LogP contribution in [0.5, 0.6) is 0 Å². The molecular weight excluding hydrogens is 324 g/mol. The van der Waals surface area contributed by atoms with Gasteiger partial charge in [0.25, 0.3) is 0 Å². The van der Waals surface area contributed by atoms with Crippen molar-refractivity contribution in [1.29, 1.82) is 0 Å². The number of allylic oxidation sites excluding steroid dienone is 1. The highest BCUT2D eigenvalue weighted by Crippen LogP contribution is 2.68. The maximum absolute atomic E-state index is 12.4. The van der Waals surface area contributed by atoms with Crippen LogP contribution in [-0.2, 0) is 9.59 Å². The van der Waals surface area contributed by atoms with Crippen LogP contribution in [-0.4, -0.2) is 22.3 Å². The molecule has 4 rings (SSSR count). The lowest BCUT2D eigenvalue weighted by Gasteiger charge is -2.61. The van der Waals surface area contributed by atoms with Gasteiger partial charge in [0.2, 0.25) is 0 Å². The fraction of sp³-hybridized carbons (Fsp3) is 0.826. The van der Waals surface area contributed by atoms with Crippen LogP contribution in [0.3, 0.4) is 0 Å². The summed E-state index contributed by atoms with van der Waals surface area (Å²) >= 11 is 0. The Balaban J connectivity index is 1.74. The zero-order chi connectivity index (χ0) is 19.1. The molecule has 4 aliphatic rings. The van der Waals surface area contributed by atoms with Crippen LogP contribution in [0.15, 0.2) is 11.6 Å². The number of carbonyl (C=O) groups excluding carboxylic acids is 2. The highest BCUT2D eigenvalue weighted by molar-refractivity contribution is 5.93. The molecule has 3 fully saturated rings. The van der Waals surface area contributed by atoms with E-state index in [1.807, 2.05) is 6.08 Å². The Morgan fingerprint density at radius 2 is 1.77 bits per heavy atom. The lowest BCUT2D eigenvalue weighted by Crippen LogP contribution is -2.58. The summed E-state index contributed by atoms with van der Waals surface area (Å²) in [4.78, 5) is 24.7. The first kappa shape index (κ1) is 18.4. The van der Waals surface area contributed by atoms with Crippen molar-refractivity contribution in [3.63, 3.8) is 0 Å². The zero-order valence-electron chi connectivity index (χ0n) is 17.0. The topological polar surface area (TPSA) is 54.4 Å². The zero-order valence-corrected chi connectivity index (χ0v) is 17.0. The van der Waals surface area contributed by atoms with Crippen molar-refractivity contribution >= 4 is 11.6 Å². The number of aliphatic hydroxyl groups is 1. The Morgan fingerprint density at radius 3 is 2.42 bits per heavy atom. The second kappa shape index (κ2) is 5.53. The normalized spacial score (nSPS) is 53.4. The maximum atomic E-state index is 12.4. The summed E-state index contributed by atoms with van der Waals surface area (Å²) in [6.45, 7) is 10.5. The largest absolute Gasteiger partial charge is 0.382 e. The third-order valence-corrected chi connectivity index (χ3v) is 9.84. The minimum absolute atomic E-state index is 0.0474. The summed E-state index contributed by atoms with van der Waals surface area (Å²) in [6.07, 6.45) is 7.65. The van der Waals surface area contributed by atoms with E-state index in [-0.39, 0.29) is 22.5 Å².